The summed E-state index contributed by atoms with van der Waals surface area (Å²) in [5, 5.41) is 10.0. The number of rotatable bonds is 2. The number of aromatic amines is 1. The predicted molar refractivity (Wildman–Crippen MR) is 72.8 cm³/mol. The van der Waals surface area contributed by atoms with Crippen LogP contribution in [0.1, 0.15) is 5.56 Å². The lowest BCUT2D eigenvalue weighted by atomic mass is 10.0. The van der Waals surface area contributed by atoms with Crippen LogP contribution in [0.5, 0.6) is 5.75 Å². The van der Waals surface area contributed by atoms with Gasteiger partial charge >= 0.3 is 0 Å². The maximum absolute atomic E-state index is 9.17. The summed E-state index contributed by atoms with van der Waals surface area (Å²) in [6.07, 6.45) is 3.41. The van der Waals surface area contributed by atoms with Crippen LogP contribution in [0, 0.1) is 11.3 Å². The lowest BCUT2D eigenvalue weighted by Crippen LogP contribution is -1.86. The molecule has 0 spiro atoms. The van der Waals surface area contributed by atoms with E-state index in [-0.39, 0.29) is 0 Å². The summed E-state index contributed by atoms with van der Waals surface area (Å²) < 4.78 is 5.24. The molecule has 0 aliphatic rings. The van der Waals surface area contributed by atoms with E-state index in [9.17, 15) is 5.26 Å². The fraction of sp³-hybridized carbons (Fsp3) is 0.0667. The highest BCUT2D eigenvalue weighted by atomic mass is 16.5. The lowest BCUT2D eigenvalue weighted by molar-refractivity contribution is 0.415. The smallest absolute Gasteiger partial charge is 0.139 e. The topological polar surface area (TPSA) is 61.7 Å². The molecule has 4 nitrogen and oxygen atoms in total. The zero-order valence-electron chi connectivity index (χ0n) is 10.3. The van der Waals surface area contributed by atoms with Crippen molar-refractivity contribution in [3.05, 3.63) is 48.3 Å². The molecule has 0 amide bonds. The highest BCUT2D eigenvalue weighted by Crippen LogP contribution is 2.31. The molecule has 92 valence electrons. The summed E-state index contributed by atoms with van der Waals surface area (Å²) >= 11 is 0. The molecule has 3 aromatic rings. The molecule has 2 aromatic heterocycles. The number of H-pyrrole nitrogens is 1. The molecule has 0 aliphatic heterocycles. The summed E-state index contributed by atoms with van der Waals surface area (Å²) in [7, 11) is 1.64. The molecule has 1 aromatic carbocycles. The van der Waals surface area contributed by atoms with Crippen LogP contribution in [0.25, 0.3) is 22.2 Å². The number of hydrogen-bond donors (Lipinski definition) is 1. The van der Waals surface area contributed by atoms with Crippen molar-refractivity contribution < 1.29 is 4.74 Å². The molecule has 4 heteroatoms. The monoisotopic (exact) mass is 249 g/mol. The van der Waals surface area contributed by atoms with Gasteiger partial charge in [0.15, 0.2) is 0 Å². The van der Waals surface area contributed by atoms with Crippen LogP contribution in [0.3, 0.4) is 0 Å². The molecule has 0 bridgehead atoms. The second-order valence-electron chi connectivity index (χ2n) is 4.13. The molecule has 1 N–H and O–H groups in total. The summed E-state index contributed by atoms with van der Waals surface area (Å²) in [4.78, 5) is 7.25. The Morgan fingerprint density at radius 2 is 2.21 bits per heavy atom. The number of nitrogens with zero attached hydrogens (tertiary/aromatic N) is 2. The SMILES string of the molecule is COc1cccc(-c2ccnc3[nH]cc(C#N)c23)c1. The summed E-state index contributed by atoms with van der Waals surface area (Å²) in [5.74, 6) is 0.788. The second kappa shape index (κ2) is 4.46. The van der Waals surface area contributed by atoms with Crippen LogP contribution in [0.2, 0.25) is 0 Å². The highest BCUT2D eigenvalue weighted by Gasteiger charge is 2.11. The second-order valence-corrected chi connectivity index (χ2v) is 4.13. The van der Waals surface area contributed by atoms with Crippen molar-refractivity contribution in [1.29, 1.82) is 5.26 Å². The molecule has 0 atom stereocenters. The number of ether oxygens (including phenoxy) is 1. The van der Waals surface area contributed by atoms with Crippen molar-refractivity contribution in [2.45, 2.75) is 0 Å². The van der Waals surface area contributed by atoms with Crippen LogP contribution < -0.4 is 4.74 Å². The molecule has 2 heterocycles. The Balaban J connectivity index is 2.30. The van der Waals surface area contributed by atoms with E-state index in [1.807, 2.05) is 30.3 Å². The predicted octanol–water partition coefficient (Wildman–Crippen LogP) is 3.11. The first kappa shape index (κ1) is 11.3. The van der Waals surface area contributed by atoms with Crippen molar-refractivity contribution in [3.8, 4) is 22.9 Å². The van der Waals surface area contributed by atoms with E-state index in [2.05, 4.69) is 16.0 Å². The fourth-order valence-electron chi connectivity index (χ4n) is 2.18. The molecule has 0 aliphatic carbocycles. The third kappa shape index (κ3) is 1.81. The van der Waals surface area contributed by atoms with Gasteiger partial charge in [-0.2, -0.15) is 5.26 Å². The Morgan fingerprint density at radius 3 is 3.00 bits per heavy atom. The molecule has 0 saturated carbocycles. The van der Waals surface area contributed by atoms with Gasteiger partial charge in [0.05, 0.1) is 12.7 Å². The lowest BCUT2D eigenvalue weighted by Gasteiger charge is -2.06. The molecular formula is C15H11N3O. The van der Waals surface area contributed by atoms with Crippen molar-refractivity contribution in [2.24, 2.45) is 0 Å². The number of fused-ring (bicyclic) bond motifs is 1. The van der Waals surface area contributed by atoms with Crippen molar-refractivity contribution in [2.75, 3.05) is 7.11 Å². The van der Waals surface area contributed by atoms with Gasteiger partial charge in [0, 0.05) is 17.8 Å². The number of benzene rings is 1. The van der Waals surface area contributed by atoms with E-state index < -0.39 is 0 Å². The number of aromatic nitrogens is 2. The third-order valence-corrected chi connectivity index (χ3v) is 3.07. The minimum atomic E-state index is 0.598. The van der Waals surface area contributed by atoms with Gasteiger partial charge in [-0.25, -0.2) is 4.98 Å². The van der Waals surface area contributed by atoms with Gasteiger partial charge < -0.3 is 9.72 Å². The summed E-state index contributed by atoms with van der Waals surface area (Å²) in [5.41, 5.74) is 3.29. The average Bonchev–Trinajstić information content (AvgIpc) is 2.90. The minimum Gasteiger partial charge on any atom is -0.497 e. The van der Waals surface area contributed by atoms with Gasteiger partial charge in [-0.15, -0.1) is 0 Å². The molecule has 0 unspecified atom stereocenters. The maximum atomic E-state index is 9.17. The molecule has 0 saturated heterocycles. The zero-order valence-corrected chi connectivity index (χ0v) is 10.3. The maximum Gasteiger partial charge on any atom is 0.139 e. The van der Waals surface area contributed by atoms with Gasteiger partial charge in [-0.1, -0.05) is 12.1 Å². The number of hydrogen-bond acceptors (Lipinski definition) is 3. The van der Waals surface area contributed by atoms with Crippen LogP contribution in [-0.2, 0) is 0 Å². The van der Waals surface area contributed by atoms with E-state index in [0.29, 0.717) is 5.56 Å². The Bertz CT molecular complexity index is 783. The van der Waals surface area contributed by atoms with Crippen molar-refractivity contribution in [3.63, 3.8) is 0 Å². The van der Waals surface area contributed by atoms with E-state index in [0.717, 1.165) is 27.9 Å². The molecule has 0 radical (unpaired) electrons. The summed E-state index contributed by atoms with van der Waals surface area (Å²) in [6.45, 7) is 0. The first-order valence-electron chi connectivity index (χ1n) is 5.84. The van der Waals surface area contributed by atoms with Gasteiger partial charge in [-0.3, -0.25) is 0 Å². The molecule has 19 heavy (non-hydrogen) atoms. The Morgan fingerprint density at radius 1 is 1.32 bits per heavy atom. The standard InChI is InChI=1S/C15H11N3O/c1-19-12-4-2-3-10(7-12)13-5-6-17-15-14(13)11(8-16)9-18-15/h2-7,9H,1H3,(H,17,18). The normalized spacial score (nSPS) is 10.3. The van der Waals surface area contributed by atoms with Gasteiger partial charge in [0.2, 0.25) is 0 Å². The van der Waals surface area contributed by atoms with Gasteiger partial charge in [0.1, 0.15) is 17.5 Å². The van der Waals surface area contributed by atoms with Gasteiger partial charge in [0.25, 0.3) is 0 Å². The zero-order chi connectivity index (χ0) is 13.2. The van der Waals surface area contributed by atoms with E-state index in [1.54, 1.807) is 19.5 Å². The third-order valence-electron chi connectivity index (χ3n) is 3.07. The Kier molecular flexibility index (Phi) is 2.66. The number of nitrogens with one attached hydrogen (secondary N) is 1. The first-order chi connectivity index (χ1) is 9.33. The molecular weight excluding hydrogens is 238 g/mol. The van der Waals surface area contributed by atoms with Crippen LogP contribution in [0.4, 0.5) is 0 Å². The van der Waals surface area contributed by atoms with Crippen molar-refractivity contribution in [1.82, 2.24) is 9.97 Å². The van der Waals surface area contributed by atoms with Crippen LogP contribution >= 0.6 is 0 Å². The number of nitriles is 1. The number of pyridine rings is 1. The van der Waals surface area contributed by atoms with Gasteiger partial charge in [-0.05, 0) is 29.3 Å². The van der Waals surface area contributed by atoms with Crippen LogP contribution in [0.15, 0.2) is 42.7 Å². The van der Waals surface area contributed by atoms with E-state index in [4.69, 9.17) is 4.74 Å². The quantitative estimate of drug-likeness (QED) is 0.759. The molecule has 3 rings (SSSR count). The Hall–Kier alpha value is -2.80. The van der Waals surface area contributed by atoms with Crippen LogP contribution in [-0.4, -0.2) is 17.1 Å². The largest absolute Gasteiger partial charge is 0.497 e. The Labute approximate surface area is 110 Å². The fourth-order valence-corrected chi connectivity index (χ4v) is 2.18. The number of methoxy groups -OCH3 is 1. The highest BCUT2D eigenvalue weighted by molar-refractivity contribution is 5.97. The first-order valence-corrected chi connectivity index (χ1v) is 5.84. The minimum absolute atomic E-state index is 0.598. The molecule has 0 fully saturated rings. The summed E-state index contributed by atoms with van der Waals surface area (Å²) in [6, 6.07) is 11.9. The van der Waals surface area contributed by atoms with Crippen molar-refractivity contribution >= 4 is 11.0 Å². The van der Waals surface area contributed by atoms with E-state index in [1.165, 1.54) is 0 Å². The average molecular weight is 249 g/mol. The van der Waals surface area contributed by atoms with E-state index >= 15 is 0 Å².